The van der Waals surface area contributed by atoms with Crippen molar-refractivity contribution in [1.29, 1.82) is 0 Å². The lowest BCUT2D eigenvalue weighted by Gasteiger charge is -2.14. The number of hydrogen-bond acceptors (Lipinski definition) is 2. The number of halogens is 2. The summed E-state index contributed by atoms with van der Waals surface area (Å²) in [5, 5.41) is 0. The van der Waals surface area contributed by atoms with E-state index in [4.69, 9.17) is 16.3 Å². The SMILES string of the molecule is CC(C)c1cc(Br)ccc1Oc1cncc(CCl)c1. The van der Waals surface area contributed by atoms with Gasteiger partial charge in [0.25, 0.3) is 0 Å². The molecule has 100 valence electrons. The van der Waals surface area contributed by atoms with Gasteiger partial charge in [0.2, 0.25) is 0 Å². The van der Waals surface area contributed by atoms with Crippen molar-refractivity contribution in [2.75, 3.05) is 0 Å². The van der Waals surface area contributed by atoms with Crippen LogP contribution in [0.5, 0.6) is 11.5 Å². The van der Waals surface area contributed by atoms with Gasteiger partial charge in [0.1, 0.15) is 11.5 Å². The van der Waals surface area contributed by atoms with E-state index in [1.165, 1.54) is 0 Å². The first-order valence-electron chi connectivity index (χ1n) is 6.07. The Labute approximate surface area is 126 Å². The topological polar surface area (TPSA) is 22.1 Å². The first-order chi connectivity index (χ1) is 9.10. The van der Waals surface area contributed by atoms with E-state index in [-0.39, 0.29) is 0 Å². The summed E-state index contributed by atoms with van der Waals surface area (Å²) in [6.45, 7) is 4.28. The van der Waals surface area contributed by atoms with E-state index in [1.807, 2.05) is 18.2 Å². The number of pyridine rings is 1. The third-order valence-electron chi connectivity index (χ3n) is 2.75. The van der Waals surface area contributed by atoms with Crippen molar-refractivity contribution in [2.45, 2.75) is 25.6 Å². The number of ether oxygens (including phenoxy) is 1. The van der Waals surface area contributed by atoms with E-state index in [1.54, 1.807) is 12.4 Å². The summed E-state index contributed by atoms with van der Waals surface area (Å²) in [5.74, 6) is 2.38. The van der Waals surface area contributed by atoms with Crippen LogP contribution in [-0.2, 0) is 5.88 Å². The van der Waals surface area contributed by atoms with Gasteiger partial charge in [-0.05, 0) is 41.3 Å². The molecule has 0 aliphatic carbocycles. The molecule has 2 rings (SSSR count). The lowest BCUT2D eigenvalue weighted by atomic mass is 10.0. The van der Waals surface area contributed by atoms with Crippen LogP contribution in [0.3, 0.4) is 0 Å². The van der Waals surface area contributed by atoms with E-state index in [2.05, 4.69) is 40.8 Å². The maximum atomic E-state index is 5.93. The Morgan fingerprint density at radius 1 is 1.26 bits per heavy atom. The molecule has 0 aliphatic heterocycles. The second kappa shape index (κ2) is 6.40. The van der Waals surface area contributed by atoms with Crippen molar-refractivity contribution in [3.05, 3.63) is 52.3 Å². The summed E-state index contributed by atoms with van der Waals surface area (Å²) in [6.07, 6.45) is 3.44. The van der Waals surface area contributed by atoms with Crippen LogP contribution in [0.15, 0.2) is 41.1 Å². The summed E-state index contributed by atoms with van der Waals surface area (Å²) in [7, 11) is 0. The summed E-state index contributed by atoms with van der Waals surface area (Å²) in [6, 6.07) is 7.93. The van der Waals surface area contributed by atoms with Crippen LogP contribution in [0.1, 0.15) is 30.9 Å². The van der Waals surface area contributed by atoms with Crippen LogP contribution in [-0.4, -0.2) is 4.98 Å². The lowest BCUT2D eigenvalue weighted by Crippen LogP contribution is -1.95. The standard InChI is InChI=1S/C15H15BrClNO/c1-10(2)14-6-12(16)3-4-15(14)19-13-5-11(7-17)8-18-9-13/h3-6,8-10H,7H2,1-2H3. The maximum absolute atomic E-state index is 5.93. The molecule has 0 spiro atoms. The summed E-state index contributed by atoms with van der Waals surface area (Å²) >= 11 is 9.29. The second-order valence-corrected chi connectivity index (χ2v) is 5.78. The van der Waals surface area contributed by atoms with Gasteiger partial charge in [-0.15, -0.1) is 11.6 Å². The highest BCUT2D eigenvalue weighted by Crippen LogP contribution is 2.32. The molecule has 1 aromatic carbocycles. The quantitative estimate of drug-likeness (QED) is 0.686. The number of benzene rings is 1. The minimum absolute atomic E-state index is 0.386. The average molecular weight is 341 g/mol. The molecule has 0 aliphatic rings. The minimum atomic E-state index is 0.386. The first-order valence-corrected chi connectivity index (χ1v) is 7.40. The molecular formula is C15H15BrClNO. The van der Waals surface area contributed by atoms with E-state index in [0.717, 1.165) is 21.3 Å². The number of alkyl halides is 1. The number of rotatable bonds is 4. The fraction of sp³-hybridized carbons (Fsp3) is 0.267. The molecule has 2 nitrogen and oxygen atoms in total. The summed E-state index contributed by atoms with van der Waals surface area (Å²) < 4.78 is 6.98. The molecule has 0 fully saturated rings. The van der Waals surface area contributed by atoms with Gasteiger partial charge in [-0.2, -0.15) is 0 Å². The van der Waals surface area contributed by atoms with Crippen molar-refractivity contribution in [3.8, 4) is 11.5 Å². The van der Waals surface area contributed by atoms with Gasteiger partial charge in [-0.1, -0.05) is 29.8 Å². The fourth-order valence-corrected chi connectivity index (χ4v) is 2.31. The van der Waals surface area contributed by atoms with Crippen LogP contribution >= 0.6 is 27.5 Å². The molecule has 0 bridgehead atoms. The fourth-order valence-electron chi connectivity index (χ4n) is 1.78. The van der Waals surface area contributed by atoms with E-state index in [9.17, 15) is 0 Å². The van der Waals surface area contributed by atoms with E-state index in [0.29, 0.717) is 17.5 Å². The van der Waals surface area contributed by atoms with Crippen LogP contribution in [0.25, 0.3) is 0 Å². The van der Waals surface area contributed by atoms with Crippen molar-refractivity contribution in [1.82, 2.24) is 4.98 Å². The average Bonchev–Trinajstić information content (AvgIpc) is 2.41. The van der Waals surface area contributed by atoms with Gasteiger partial charge in [-0.3, -0.25) is 4.98 Å². The molecule has 0 unspecified atom stereocenters. The molecule has 1 aromatic heterocycles. The van der Waals surface area contributed by atoms with Gasteiger partial charge in [0, 0.05) is 16.5 Å². The molecule has 0 saturated carbocycles. The molecular weight excluding hydrogens is 326 g/mol. The zero-order chi connectivity index (χ0) is 13.8. The second-order valence-electron chi connectivity index (χ2n) is 4.60. The first kappa shape index (κ1) is 14.4. The predicted octanol–water partition coefficient (Wildman–Crippen LogP) is 5.50. The van der Waals surface area contributed by atoms with Gasteiger partial charge in [0.15, 0.2) is 0 Å². The highest BCUT2D eigenvalue weighted by atomic mass is 79.9. The molecule has 1 heterocycles. The Bertz CT molecular complexity index is 572. The highest BCUT2D eigenvalue weighted by Gasteiger charge is 2.10. The molecule has 0 N–H and O–H groups in total. The van der Waals surface area contributed by atoms with E-state index < -0.39 is 0 Å². The van der Waals surface area contributed by atoms with Gasteiger partial charge in [0.05, 0.1) is 6.20 Å². The van der Waals surface area contributed by atoms with Crippen LogP contribution in [0.2, 0.25) is 0 Å². The lowest BCUT2D eigenvalue weighted by molar-refractivity contribution is 0.470. The van der Waals surface area contributed by atoms with Gasteiger partial charge in [-0.25, -0.2) is 0 Å². The normalized spacial score (nSPS) is 10.8. The number of aromatic nitrogens is 1. The van der Waals surface area contributed by atoms with Crippen LogP contribution < -0.4 is 4.74 Å². The number of hydrogen-bond donors (Lipinski definition) is 0. The molecule has 0 amide bonds. The molecule has 0 atom stereocenters. The highest BCUT2D eigenvalue weighted by molar-refractivity contribution is 9.10. The molecule has 0 saturated heterocycles. The van der Waals surface area contributed by atoms with Gasteiger partial charge < -0.3 is 4.74 Å². The summed E-state index contributed by atoms with van der Waals surface area (Å²) in [4.78, 5) is 4.12. The zero-order valence-electron chi connectivity index (χ0n) is 10.9. The van der Waals surface area contributed by atoms with Crippen LogP contribution in [0, 0.1) is 0 Å². The van der Waals surface area contributed by atoms with Crippen molar-refractivity contribution >= 4 is 27.5 Å². The summed E-state index contributed by atoms with van der Waals surface area (Å²) in [5.41, 5.74) is 2.10. The van der Waals surface area contributed by atoms with Crippen molar-refractivity contribution in [3.63, 3.8) is 0 Å². The molecule has 19 heavy (non-hydrogen) atoms. The third kappa shape index (κ3) is 3.71. The molecule has 4 heteroatoms. The maximum Gasteiger partial charge on any atom is 0.146 e. The Balaban J connectivity index is 2.32. The van der Waals surface area contributed by atoms with Crippen molar-refractivity contribution < 1.29 is 4.74 Å². The van der Waals surface area contributed by atoms with Crippen LogP contribution in [0.4, 0.5) is 0 Å². The Kier molecular flexibility index (Phi) is 4.83. The Morgan fingerprint density at radius 3 is 2.74 bits per heavy atom. The third-order valence-corrected chi connectivity index (χ3v) is 3.55. The zero-order valence-corrected chi connectivity index (χ0v) is 13.2. The van der Waals surface area contributed by atoms with E-state index >= 15 is 0 Å². The number of nitrogens with zero attached hydrogens (tertiary/aromatic N) is 1. The molecule has 0 radical (unpaired) electrons. The monoisotopic (exact) mass is 339 g/mol. The van der Waals surface area contributed by atoms with Crippen molar-refractivity contribution in [2.24, 2.45) is 0 Å². The predicted molar refractivity (Wildman–Crippen MR) is 82.1 cm³/mol. The Morgan fingerprint density at radius 2 is 2.05 bits per heavy atom. The van der Waals surface area contributed by atoms with Gasteiger partial charge >= 0.3 is 0 Å². The largest absolute Gasteiger partial charge is 0.455 e. The minimum Gasteiger partial charge on any atom is -0.455 e. The Hall–Kier alpha value is -1.06. The molecule has 2 aromatic rings. The smallest absolute Gasteiger partial charge is 0.146 e.